The Labute approximate surface area is 87.3 Å². The predicted molar refractivity (Wildman–Crippen MR) is 55.5 cm³/mol. The molecule has 0 aliphatic heterocycles. The fourth-order valence-corrected chi connectivity index (χ4v) is 1.37. The van der Waals surface area contributed by atoms with E-state index in [0.717, 1.165) is 11.1 Å². The summed E-state index contributed by atoms with van der Waals surface area (Å²) >= 11 is 0. The topological polar surface area (TPSA) is 39.4 Å². The van der Waals surface area contributed by atoms with E-state index < -0.39 is 0 Å². The van der Waals surface area contributed by atoms with E-state index in [4.69, 9.17) is 4.42 Å². The van der Waals surface area contributed by atoms with Crippen molar-refractivity contribution in [3.05, 3.63) is 48.4 Å². The van der Waals surface area contributed by atoms with Crippen LogP contribution in [0.1, 0.15) is 10.4 Å². The van der Waals surface area contributed by atoms with Crippen LogP contribution in [0.3, 0.4) is 0 Å². The number of methoxy groups -OCH3 is 1. The highest BCUT2D eigenvalue weighted by atomic mass is 16.5. The molecule has 0 N–H and O–H groups in total. The van der Waals surface area contributed by atoms with Gasteiger partial charge in [0.2, 0.25) is 0 Å². The summed E-state index contributed by atoms with van der Waals surface area (Å²) in [5.41, 5.74) is 2.42. The van der Waals surface area contributed by atoms with Gasteiger partial charge in [0.1, 0.15) is 0 Å². The maximum atomic E-state index is 11.3. The zero-order valence-corrected chi connectivity index (χ0v) is 8.27. The van der Waals surface area contributed by atoms with Gasteiger partial charge >= 0.3 is 5.97 Å². The number of esters is 1. The fraction of sp³-hybridized carbons (Fsp3) is 0.0833. The lowest BCUT2D eigenvalue weighted by molar-refractivity contribution is 0.0601. The number of hydrogen-bond acceptors (Lipinski definition) is 3. The Balaban J connectivity index is 2.39. The highest BCUT2D eigenvalue weighted by Crippen LogP contribution is 2.20. The minimum absolute atomic E-state index is 0.333. The number of benzene rings is 1. The minimum Gasteiger partial charge on any atom is -0.472 e. The molecular formula is C12H10O3. The first-order chi connectivity index (χ1) is 7.31. The van der Waals surface area contributed by atoms with Gasteiger partial charge in [0.15, 0.2) is 0 Å². The molecule has 0 bridgehead atoms. The first kappa shape index (κ1) is 9.52. The zero-order chi connectivity index (χ0) is 10.7. The maximum Gasteiger partial charge on any atom is 0.337 e. The van der Waals surface area contributed by atoms with Gasteiger partial charge in [-0.05, 0) is 23.8 Å². The van der Waals surface area contributed by atoms with E-state index in [-0.39, 0.29) is 5.97 Å². The van der Waals surface area contributed by atoms with E-state index >= 15 is 0 Å². The molecule has 76 valence electrons. The van der Waals surface area contributed by atoms with Gasteiger partial charge in [-0.3, -0.25) is 0 Å². The minimum atomic E-state index is -0.333. The first-order valence-corrected chi connectivity index (χ1v) is 4.52. The molecule has 0 saturated heterocycles. The first-order valence-electron chi connectivity index (χ1n) is 4.52. The second kappa shape index (κ2) is 4.00. The molecule has 2 rings (SSSR count). The molecule has 2 aromatic rings. The number of hydrogen-bond donors (Lipinski definition) is 0. The molecule has 0 unspecified atom stereocenters. The lowest BCUT2D eigenvalue weighted by Gasteiger charge is -2.01. The second-order valence-electron chi connectivity index (χ2n) is 3.08. The quantitative estimate of drug-likeness (QED) is 0.703. The molecule has 1 aromatic heterocycles. The molecular weight excluding hydrogens is 192 g/mol. The van der Waals surface area contributed by atoms with Crippen molar-refractivity contribution in [2.75, 3.05) is 7.11 Å². The summed E-state index contributed by atoms with van der Waals surface area (Å²) < 4.78 is 9.63. The molecule has 0 aliphatic carbocycles. The van der Waals surface area contributed by atoms with Crippen LogP contribution in [-0.4, -0.2) is 13.1 Å². The van der Waals surface area contributed by atoms with Crippen molar-refractivity contribution in [1.29, 1.82) is 0 Å². The van der Waals surface area contributed by atoms with Crippen molar-refractivity contribution in [3.63, 3.8) is 0 Å². The van der Waals surface area contributed by atoms with E-state index in [1.165, 1.54) is 7.11 Å². The van der Waals surface area contributed by atoms with Crippen LogP contribution in [0.15, 0.2) is 47.3 Å². The van der Waals surface area contributed by atoms with Crippen molar-refractivity contribution in [3.8, 4) is 11.1 Å². The van der Waals surface area contributed by atoms with Crippen LogP contribution >= 0.6 is 0 Å². The van der Waals surface area contributed by atoms with Crippen molar-refractivity contribution in [1.82, 2.24) is 0 Å². The molecule has 1 heterocycles. The summed E-state index contributed by atoms with van der Waals surface area (Å²) in [6.07, 6.45) is 3.23. The molecule has 0 amide bonds. The lowest BCUT2D eigenvalue weighted by Crippen LogP contribution is -2.00. The average Bonchev–Trinajstić information content (AvgIpc) is 2.82. The Morgan fingerprint density at radius 3 is 2.80 bits per heavy atom. The molecule has 15 heavy (non-hydrogen) atoms. The summed E-state index contributed by atoms with van der Waals surface area (Å²) in [5.74, 6) is -0.333. The van der Waals surface area contributed by atoms with Gasteiger partial charge in [-0.15, -0.1) is 0 Å². The van der Waals surface area contributed by atoms with Crippen LogP contribution in [0.4, 0.5) is 0 Å². The van der Waals surface area contributed by atoms with Crippen molar-refractivity contribution < 1.29 is 13.9 Å². The smallest absolute Gasteiger partial charge is 0.337 e. The van der Waals surface area contributed by atoms with E-state index in [0.29, 0.717) is 5.56 Å². The average molecular weight is 202 g/mol. The Morgan fingerprint density at radius 2 is 2.13 bits per heavy atom. The number of rotatable bonds is 2. The molecule has 0 radical (unpaired) electrons. The Bertz CT molecular complexity index is 457. The van der Waals surface area contributed by atoms with Crippen LogP contribution in [0.5, 0.6) is 0 Å². The van der Waals surface area contributed by atoms with Crippen LogP contribution in [0.25, 0.3) is 11.1 Å². The number of carbonyl (C=O) groups excluding carboxylic acids is 1. The van der Waals surface area contributed by atoms with E-state index in [9.17, 15) is 4.79 Å². The van der Waals surface area contributed by atoms with E-state index in [1.807, 2.05) is 18.2 Å². The summed E-state index contributed by atoms with van der Waals surface area (Å²) in [5, 5.41) is 0. The van der Waals surface area contributed by atoms with Crippen molar-refractivity contribution in [2.24, 2.45) is 0 Å². The maximum absolute atomic E-state index is 11.3. The molecule has 3 heteroatoms. The van der Waals surface area contributed by atoms with Gasteiger partial charge in [0, 0.05) is 5.56 Å². The predicted octanol–water partition coefficient (Wildman–Crippen LogP) is 2.73. The largest absolute Gasteiger partial charge is 0.472 e. The SMILES string of the molecule is COC(=O)c1cccc(-c2ccoc2)c1. The molecule has 1 aromatic carbocycles. The van der Waals surface area contributed by atoms with E-state index in [1.54, 1.807) is 24.7 Å². The van der Waals surface area contributed by atoms with Crippen LogP contribution in [0, 0.1) is 0 Å². The van der Waals surface area contributed by atoms with Gasteiger partial charge < -0.3 is 9.15 Å². The molecule has 0 aliphatic rings. The van der Waals surface area contributed by atoms with Crippen molar-refractivity contribution >= 4 is 5.97 Å². The summed E-state index contributed by atoms with van der Waals surface area (Å²) in [4.78, 5) is 11.3. The van der Waals surface area contributed by atoms with Gasteiger partial charge in [-0.1, -0.05) is 12.1 Å². The Hall–Kier alpha value is -2.03. The Morgan fingerprint density at radius 1 is 1.27 bits per heavy atom. The van der Waals surface area contributed by atoms with Crippen LogP contribution in [0.2, 0.25) is 0 Å². The van der Waals surface area contributed by atoms with E-state index in [2.05, 4.69) is 4.74 Å². The molecule has 0 fully saturated rings. The van der Waals surface area contributed by atoms with Gasteiger partial charge in [-0.25, -0.2) is 4.79 Å². The highest BCUT2D eigenvalue weighted by Gasteiger charge is 2.06. The summed E-state index contributed by atoms with van der Waals surface area (Å²) in [7, 11) is 1.37. The summed E-state index contributed by atoms with van der Waals surface area (Å²) in [6.45, 7) is 0. The van der Waals surface area contributed by atoms with Crippen molar-refractivity contribution in [2.45, 2.75) is 0 Å². The van der Waals surface area contributed by atoms with Crippen LogP contribution < -0.4 is 0 Å². The number of furan rings is 1. The molecule has 0 saturated carbocycles. The highest BCUT2D eigenvalue weighted by molar-refractivity contribution is 5.90. The zero-order valence-electron chi connectivity index (χ0n) is 8.27. The third-order valence-electron chi connectivity index (χ3n) is 2.14. The molecule has 0 spiro atoms. The number of carbonyl (C=O) groups is 1. The van der Waals surface area contributed by atoms with Gasteiger partial charge in [-0.2, -0.15) is 0 Å². The molecule has 0 atom stereocenters. The second-order valence-corrected chi connectivity index (χ2v) is 3.08. The van der Waals surface area contributed by atoms with Gasteiger partial charge in [0.05, 0.1) is 25.2 Å². The Kier molecular flexibility index (Phi) is 2.54. The third-order valence-corrected chi connectivity index (χ3v) is 2.14. The monoisotopic (exact) mass is 202 g/mol. The van der Waals surface area contributed by atoms with Gasteiger partial charge in [0.25, 0.3) is 0 Å². The summed E-state index contributed by atoms with van der Waals surface area (Å²) in [6, 6.07) is 9.06. The standard InChI is InChI=1S/C12H10O3/c1-14-12(13)10-4-2-3-9(7-10)11-5-6-15-8-11/h2-8H,1H3. The van der Waals surface area contributed by atoms with Crippen LogP contribution in [-0.2, 0) is 4.74 Å². The fourth-order valence-electron chi connectivity index (χ4n) is 1.37. The molecule has 3 nitrogen and oxygen atoms in total. The third kappa shape index (κ3) is 1.91. The normalized spacial score (nSPS) is 9.93. The number of ether oxygens (including phenoxy) is 1. The lowest BCUT2D eigenvalue weighted by atomic mass is 10.1.